The first-order chi connectivity index (χ1) is 8.16. The molecule has 1 aromatic rings. The standard InChI is InChI=1S/C13H19FN2O/c1-16(9-10-4-6-17-7-5-10)11-2-3-13(15)12(14)8-11/h2-3,8,10H,4-7,9,15H2,1H3. The average Bonchev–Trinajstić information content (AvgIpc) is 2.34. The van der Waals surface area contributed by atoms with Crippen molar-refractivity contribution in [3.63, 3.8) is 0 Å². The topological polar surface area (TPSA) is 38.5 Å². The van der Waals surface area contributed by atoms with E-state index in [2.05, 4.69) is 4.90 Å². The first-order valence-corrected chi connectivity index (χ1v) is 6.00. The van der Waals surface area contributed by atoms with Crippen LogP contribution in [0.25, 0.3) is 0 Å². The number of nitrogen functional groups attached to an aromatic ring is 1. The molecule has 1 saturated heterocycles. The summed E-state index contributed by atoms with van der Waals surface area (Å²) in [5.41, 5.74) is 6.54. The van der Waals surface area contributed by atoms with Gasteiger partial charge in [0.15, 0.2) is 0 Å². The van der Waals surface area contributed by atoms with E-state index in [1.165, 1.54) is 6.07 Å². The van der Waals surface area contributed by atoms with Crippen molar-refractivity contribution in [2.75, 3.05) is 37.4 Å². The minimum atomic E-state index is -0.346. The lowest BCUT2D eigenvalue weighted by atomic mass is 10.00. The van der Waals surface area contributed by atoms with Crippen LogP contribution in [0.15, 0.2) is 18.2 Å². The molecule has 1 aromatic carbocycles. The van der Waals surface area contributed by atoms with Crippen LogP contribution >= 0.6 is 0 Å². The van der Waals surface area contributed by atoms with Gasteiger partial charge in [-0.1, -0.05) is 0 Å². The number of hydrogen-bond acceptors (Lipinski definition) is 3. The Morgan fingerprint density at radius 2 is 2.12 bits per heavy atom. The maximum absolute atomic E-state index is 13.3. The number of benzene rings is 1. The molecule has 2 rings (SSSR count). The molecule has 0 bridgehead atoms. The lowest BCUT2D eigenvalue weighted by molar-refractivity contribution is 0.0685. The third kappa shape index (κ3) is 3.09. The van der Waals surface area contributed by atoms with E-state index < -0.39 is 0 Å². The molecule has 2 N–H and O–H groups in total. The van der Waals surface area contributed by atoms with Gasteiger partial charge < -0.3 is 15.4 Å². The number of nitrogens with two attached hydrogens (primary N) is 1. The largest absolute Gasteiger partial charge is 0.396 e. The van der Waals surface area contributed by atoms with Gasteiger partial charge >= 0.3 is 0 Å². The number of anilines is 2. The van der Waals surface area contributed by atoms with Crippen molar-refractivity contribution in [1.29, 1.82) is 0 Å². The normalized spacial score (nSPS) is 17.1. The fourth-order valence-electron chi connectivity index (χ4n) is 2.18. The number of nitrogens with zero attached hydrogens (tertiary/aromatic N) is 1. The van der Waals surface area contributed by atoms with E-state index in [1.807, 2.05) is 13.1 Å². The van der Waals surface area contributed by atoms with Crippen molar-refractivity contribution < 1.29 is 9.13 Å². The lowest BCUT2D eigenvalue weighted by Crippen LogP contribution is -2.29. The molecule has 4 heteroatoms. The molecule has 3 nitrogen and oxygen atoms in total. The van der Waals surface area contributed by atoms with Crippen molar-refractivity contribution in [3.05, 3.63) is 24.0 Å². The lowest BCUT2D eigenvalue weighted by Gasteiger charge is -2.28. The molecular formula is C13H19FN2O. The summed E-state index contributed by atoms with van der Waals surface area (Å²) in [6.45, 7) is 2.62. The minimum Gasteiger partial charge on any atom is -0.396 e. The molecule has 1 heterocycles. The molecule has 1 aliphatic heterocycles. The predicted molar refractivity (Wildman–Crippen MR) is 67.6 cm³/mol. The van der Waals surface area contributed by atoms with Crippen molar-refractivity contribution in [2.24, 2.45) is 5.92 Å². The van der Waals surface area contributed by atoms with Crippen LogP contribution in [0.1, 0.15) is 12.8 Å². The van der Waals surface area contributed by atoms with Crippen LogP contribution in [-0.4, -0.2) is 26.8 Å². The van der Waals surface area contributed by atoms with E-state index in [1.54, 1.807) is 6.07 Å². The second-order valence-electron chi connectivity index (χ2n) is 4.64. The van der Waals surface area contributed by atoms with Gasteiger partial charge in [0, 0.05) is 32.5 Å². The van der Waals surface area contributed by atoms with E-state index in [-0.39, 0.29) is 11.5 Å². The Morgan fingerprint density at radius 3 is 2.76 bits per heavy atom. The summed E-state index contributed by atoms with van der Waals surface area (Å²) in [5, 5.41) is 0. The van der Waals surface area contributed by atoms with Gasteiger partial charge in [0.05, 0.1) is 5.69 Å². The van der Waals surface area contributed by atoms with Crippen molar-refractivity contribution in [1.82, 2.24) is 0 Å². The van der Waals surface area contributed by atoms with Crippen LogP contribution in [-0.2, 0) is 4.74 Å². The van der Waals surface area contributed by atoms with Crippen LogP contribution in [0.2, 0.25) is 0 Å². The Kier molecular flexibility index (Phi) is 3.84. The molecule has 1 aliphatic rings. The highest BCUT2D eigenvalue weighted by Gasteiger charge is 2.16. The molecule has 0 atom stereocenters. The smallest absolute Gasteiger partial charge is 0.148 e. The van der Waals surface area contributed by atoms with Gasteiger partial charge in [0.25, 0.3) is 0 Å². The van der Waals surface area contributed by atoms with E-state index >= 15 is 0 Å². The summed E-state index contributed by atoms with van der Waals surface area (Å²) >= 11 is 0. The molecule has 17 heavy (non-hydrogen) atoms. The number of ether oxygens (including phenoxy) is 1. The molecule has 1 fully saturated rings. The summed E-state index contributed by atoms with van der Waals surface area (Å²) in [7, 11) is 1.99. The van der Waals surface area contributed by atoms with Crippen molar-refractivity contribution in [2.45, 2.75) is 12.8 Å². The van der Waals surface area contributed by atoms with Crippen LogP contribution in [0.4, 0.5) is 15.8 Å². The van der Waals surface area contributed by atoms with E-state index in [0.29, 0.717) is 5.92 Å². The van der Waals surface area contributed by atoms with Crippen molar-refractivity contribution in [3.8, 4) is 0 Å². The Morgan fingerprint density at radius 1 is 1.41 bits per heavy atom. The number of hydrogen-bond donors (Lipinski definition) is 1. The molecule has 0 radical (unpaired) electrons. The highest BCUT2D eigenvalue weighted by atomic mass is 19.1. The zero-order valence-electron chi connectivity index (χ0n) is 10.2. The Bertz CT molecular complexity index is 378. The summed E-state index contributed by atoms with van der Waals surface area (Å²) in [5.74, 6) is 0.288. The molecule has 0 spiro atoms. The molecule has 0 amide bonds. The second-order valence-corrected chi connectivity index (χ2v) is 4.64. The average molecular weight is 238 g/mol. The quantitative estimate of drug-likeness (QED) is 0.821. The highest BCUT2D eigenvalue weighted by molar-refractivity contribution is 5.53. The van der Waals surface area contributed by atoms with Crippen LogP contribution < -0.4 is 10.6 Å². The monoisotopic (exact) mass is 238 g/mol. The van der Waals surface area contributed by atoms with Gasteiger partial charge in [-0.2, -0.15) is 0 Å². The molecule has 0 aliphatic carbocycles. The van der Waals surface area contributed by atoms with Gasteiger partial charge in [0.1, 0.15) is 5.82 Å². The van der Waals surface area contributed by atoms with E-state index in [9.17, 15) is 4.39 Å². The SMILES string of the molecule is CN(CC1CCOCC1)c1ccc(N)c(F)c1. The highest BCUT2D eigenvalue weighted by Crippen LogP contribution is 2.22. The third-order valence-corrected chi connectivity index (χ3v) is 3.30. The summed E-state index contributed by atoms with van der Waals surface area (Å²) < 4.78 is 18.7. The Labute approximate surface area is 101 Å². The zero-order chi connectivity index (χ0) is 12.3. The predicted octanol–water partition coefficient (Wildman–Crippen LogP) is 2.27. The number of halogens is 1. The van der Waals surface area contributed by atoms with Gasteiger partial charge in [-0.25, -0.2) is 4.39 Å². The van der Waals surface area contributed by atoms with Crippen LogP contribution in [0.3, 0.4) is 0 Å². The summed E-state index contributed by atoms with van der Waals surface area (Å²) in [4.78, 5) is 2.08. The zero-order valence-corrected chi connectivity index (χ0v) is 10.2. The molecule has 0 aromatic heterocycles. The molecular weight excluding hydrogens is 219 g/mol. The third-order valence-electron chi connectivity index (χ3n) is 3.30. The minimum absolute atomic E-state index is 0.202. The fourth-order valence-corrected chi connectivity index (χ4v) is 2.18. The summed E-state index contributed by atoms with van der Waals surface area (Å²) in [6.07, 6.45) is 2.17. The Balaban J connectivity index is 1.98. The summed E-state index contributed by atoms with van der Waals surface area (Å²) in [6, 6.07) is 4.97. The molecule has 0 saturated carbocycles. The van der Waals surface area contributed by atoms with Gasteiger partial charge in [-0.05, 0) is 37.0 Å². The van der Waals surface area contributed by atoms with Crippen LogP contribution in [0, 0.1) is 11.7 Å². The van der Waals surface area contributed by atoms with Crippen LogP contribution in [0.5, 0.6) is 0 Å². The molecule has 0 unspecified atom stereocenters. The maximum Gasteiger partial charge on any atom is 0.148 e. The molecule has 94 valence electrons. The fraction of sp³-hybridized carbons (Fsp3) is 0.538. The van der Waals surface area contributed by atoms with Gasteiger partial charge in [-0.3, -0.25) is 0 Å². The first-order valence-electron chi connectivity index (χ1n) is 6.00. The maximum atomic E-state index is 13.3. The second kappa shape index (κ2) is 5.36. The number of rotatable bonds is 3. The van der Waals surface area contributed by atoms with Gasteiger partial charge in [-0.15, -0.1) is 0 Å². The first kappa shape index (κ1) is 12.2. The van der Waals surface area contributed by atoms with Gasteiger partial charge in [0.2, 0.25) is 0 Å². The van der Waals surface area contributed by atoms with E-state index in [0.717, 1.165) is 38.3 Å². The Hall–Kier alpha value is -1.29. The van der Waals surface area contributed by atoms with Crippen molar-refractivity contribution >= 4 is 11.4 Å². The van der Waals surface area contributed by atoms with E-state index in [4.69, 9.17) is 10.5 Å².